The van der Waals surface area contributed by atoms with Crippen LogP contribution in [-0.2, 0) is 26.5 Å². The molecule has 1 radical (unpaired) electrons. The minimum atomic E-state index is -1.34. The van der Waals surface area contributed by atoms with Crippen molar-refractivity contribution in [1.82, 2.24) is 9.97 Å². The normalized spacial score (nSPS) is 11.3. The van der Waals surface area contributed by atoms with Gasteiger partial charge >= 0.3 is 0 Å². The molecule has 0 aliphatic heterocycles. The van der Waals surface area contributed by atoms with Crippen molar-refractivity contribution in [3.8, 4) is 44.8 Å². The topological polar surface area (TPSA) is 25.8 Å². The summed E-state index contributed by atoms with van der Waals surface area (Å²) in [6, 6.07) is 51.2. The maximum absolute atomic E-state index is 4.85. The molecule has 53 heavy (non-hydrogen) atoms. The van der Waals surface area contributed by atoms with E-state index in [2.05, 4.69) is 161 Å². The summed E-state index contributed by atoms with van der Waals surface area (Å²) in [7, 11) is -1.34. The Morgan fingerprint density at radius 3 is 2.02 bits per heavy atom. The molecule has 0 aliphatic rings. The molecule has 267 valence electrons. The van der Waals surface area contributed by atoms with Gasteiger partial charge in [0, 0.05) is 42.8 Å². The van der Waals surface area contributed by atoms with Gasteiger partial charge in [-0.2, -0.15) is 11.3 Å². The van der Waals surface area contributed by atoms with E-state index in [1.165, 1.54) is 58.7 Å². The number of thiophene rings is 1. The maximum atomic E-state index is 4.85. The molecule has 0 spiro atoms. The zero-order valence-corrected chi connectivity index (χ0v) is 35.4. The smallest absolute Gasteiger partial charge is 0.0798 e. The average Bonchev–Trinajstić information content (AvgIpc) is 3.54. The second kappa shape index (κ2) is 16.7. The van der Waals surface area contributed by atoms with E-state index < -0.39 is 8.07 Å². The molecule has 2 nitrogen and oxygen atoms in total. The van der Waals surface area contributed by atoms with Crippen LogP contribution < -0.4 is 5.19 Å². The van der Waals surface area contributed by atoms with Crippen LogP contribution in [0, 0.1) is 25.0 Å². The third-order valence-electron chi connectivity index (χ3n) is 9.40. The first-order valence-electron chi connectivity index (χ1n) is 18.1. The van der Waals surface area contributed by atoms with Crippen molar-refractivity contribution in [1.29, 1.82) is 0 Å². The Morgan fingerprint density at radius 1 is 0.660 bits per heavy atom. The number of fused-ring (bicyclic) bond motifs is 3. The summed E-state index contributed by atoms with van der Waals surface area (Å²) in [6.45, 7) is 13.9. The molecule has 0 bridgehead atoms. The fraction of sp³-hybridized carbons (Fsp3) is 0.167. The van der Waals surface area contributed by atoms with E-state index in [1.807, 2.05) is 47.9 Å². The third kappa shape index (κ3) is 8.66. The van der Waals surface area contributed by atoms with Crippen molar-refractivity contribution in [2.45, 2.75) is 46.8 Å². The Bertz CT molecular complexity index is 2450. The van der Waals surface area contributed by atoms with E-state index in [0.717, 1.165) is 28.9 Å². The molecule has 0 N–H and O–H groups in total. The third-order valence-corrected chi connectivity index (χ3v) is 12.7. The molecule has 0 aliphatic carbocycles. The quantitative estimate of drug-likeness (QED) is 0.118. The Kier molecular flexibility index (Phi) is 12.0. The molecule has 3 aromatic heterocycles. The fourth-order valence-electron chi connectivity index (χ4n) is 6.84. The van der Waals surface area contributed by atoms with E-state index in [0.29, 0.717) is 5.92 Å². The summed E-state index contributed by atoms with van der Waals surface area (Å²) < 4.78 is 2.53. The van der Waals surface area contributed by atoms with Crippen LogP contribution in [0.5, 0.6) is 0 Å². The molecule has 3 heterocycles. The summed E-state index contributed by atoms with van der Waals surface area (Å²) >= 11 is 1.83. The number of pyridine rings is 2. The number of rotatable bonds is 7. The van der Waals surface area contributed by atoms with Crippen molar-refractivity contribution in [2.75, 3.05) is 0 Å². The number of benzene rings is 5. The molecule has 0 saturated heterocycles. The van der Waals surface area contributed by atoms with Gasteiger partial charge in [-0.15, -0.1) is 59.7 Å². The van der Waals surface area contributed by atoms with Gasteiger partial charge in [0.2, 0.25) is 0 Å². The number of hydrogen-bond donors (Lipinski definition) is 0. The van der Waals surface area contributed by atoms with Crippen LogP contribution >= 0.6 is 11.3 Å². The van der Waals surface area contributed by atoms with E-state index in [-0.39, 0.29) is 20.1 Å². The van der Waals surface area contributed by atoms with Crippen LogP contribution in [0.25, 0.3) is 64.9 Å². The van der Waals surface area contributed by atoms with Gasteiger partial charge < -0.3 is 9.97 Å². The summed E-state index contributed by atoms with van der Waals surface area (Å²) in [6.07, 6.45) is 5.23. The Hall–Kier alpha value is -4.51. The molecule has 5 heteroatoms. The van der Waals surface area contributed by atoms with Crippen LogP contribution in [0.2, 0.25) is 19.6 Å². The summed E-state index contributed by atoms with van der Waals surface area (Å²) in [5, 5.41) is 4.05. The molecule has 0 atom stereocenters. The Balaban J connectivity index is 0.000000199. The van der Waals surface area contributed by atoms with Crippen molar-refractivity contribution < 1.29 is 20.1 Å². The number of nitrogens with zero attached hydrogens (tertiary/aromatic N) is 2. The van der Waals surface area contributed by atoms with Gasteiger partial charge in [0.15, 0.2) is 0 Å². The molecule has 0 fully saturated rings. The van der Waals surface area contributed by atoms with Gasteiger partial charge in [-0.25, -0.2) is 0 Å². The Morgan fingerprint density at radius 2 is 1.36 bits per heavy atom. The van der Waals surface area contributed by atoms with Gasteiger partial charge in [-0.1, -0.05) is 129 Å². The van der Waals surface area contributed by atoms with Crippen molar-refractivity contribution in [3.63, 3.8) is 0 Å². The first-order valence-corrected chi connectivity index (χ1v) is 22.4. The monoisotopic (exact) mass is 901 g/mol. The first-order chi connectivity index (χ1) is 25.2. The zero-order valence-electron chi connectivity index (χ0n) is 31.2. The molecular weight excluding hydrogens is 857 g/mol. The minimum Gasteiger partial charge on any atom is -0.305 e. The van der Waals surface area contributed by atoms with E-state index in [9.17, 15) is 0 Å². The number of aryl methyl sites for hydroxylation is 1. The van der Waals surface area contributed by atoms with E-state index in [4.69, 9.17) is 4.98 Å². The zero-order chi connectivity index (χ0) is 36.2. The molecule has 8 aromatic rings. The fourth-order valence-corrected chi connectivity index (χ4v) is 9.67. The molecule has 0 saturated carbocycles. The average molecular weight is 901 g/mol. The second-order valence-corrected chi connectivity index (χ2v) is 21.0. The Labute approximate surface area is 333 Å². The molecular formula is C48H44IrN2SSi-2. The standard InChI is InChI=1S/C30H20NS.C18H24NSi.Ir/c1-20-17-28(31-19-27(20)22-11-6-3-7-12-22)26-14-8-13-25-24-16-15-23(18-29(24)32-30(25)26)21-9-4-2-5-10-21;1-14(2)11-16-12-17(15-9-7-6-8-10-15)19-13-18(16)20(3,4)5;/h2-13,15-19H,1H3;6-9,12-14H,11H2,1-5H3;/q2*-1;. The number of hydrogen-bond acceptors (Lipinski definition) is 3. The van der Waals surface area contributed by atoms with Crippen LogP contribution in [0.1, 0.15) is 25.0 Å². The van der Waals surface area contributed by atoms with Crippen LogP contribution in [0.4, 0.5) is 0 Å². The van der Waals surface area contributed by atoms with Crippen LogP contribution in [-0.4, -0.2) is 18.0 Å². The number of aromatic nitrogens is 2. The van der Waals surface area contributed by atoms with Gasteiger partial charge in [0.1, 0.15) is 0 Å². The van der Waals surface area contributed by atoms with Crippen molar-refractivity contribution >= 4 is 44.8 Å². The van der Waals surface area contributed by atoms with E-state index in [1.54, 1.807) is 0 Å². The summed E-state index contributed by atoms with van der Waals surface area (Å²) in [4.78, 5) is 9.53. The van der Waals surface area contributed by atoms with Gasteiger partial charge in [-0.3, -0.25) is 0 Å². The molecule has 0 unspecified atom stereocenters. The minimum absolute atomic E-state index is 0. The molecule has 5 aromatic carbocycles. The van der Waals surface area contributed by atoms with Crippen molar-refractivity contribution in [2.24, 2.45) is 5.92 Å². The van der Waals surface area contributed by atoms with Gasteiger partial charge in [0.05, 0.1) is 8.07 Å². The second-order valence-electron chi connectivity index (χ2n) is 14.9. The predicted octanol–water partition coefficient (Wildman–Crippen LogP) is 12.8. The summed E-state index contributed by atoms with van der Waals surface area (Å²) in [5.41, 5.74) is 11.7. The van der Waals surface area contributed by atoms with E-state index >= 15 is 0 Å². The largest absolute Gasteiger partial charge is 0.305 e. The summed E-state index contributed by atoms with van der Waals surface area (Å²) in [5.74, 6) is 0.667. The van der Waals surface area contributed by atoms with Crippen molar-refractivity contribution in [3.05, 3.63) is 163 Å². The van der Waals surface area contributed by atoms with Crippen LogP contribution in [0.15, 0.2) is 140 Å². The maximum Gasteiger partial charge on any atom is 0.0798 e. The SMILES string of the molecule is CC(C)Cc1cc(-c2[c-]cccc2)ncc1[Si](C)(C)C.Cc1cc(-c2[c-]ccc3c2sc2cc(-c4ccccc4)ccc23)ncc1-c1ccccc1.[Ir]. The van der Waals surface area contributed by atoms with Gasteiger partial charge in [0.25, 0.3) is 0 Å². The molecule has 8 rings (SSSR count). The molecule has 0 amide bonds. The first kappa shape index (κ1) is 38.2. The van der Waals surface area contributed by atoms with Gasteiger partial charge in [-0.05, 0) is 74.2 Å². The van der Waals surface area contributed by atoms with Crippen LogP contribution in [0.3, 0.4) is 0 Å². The predicted molar refractivity (Wildman–Crippen MR) is 227 cm³/mol.